The Morgan fingerprint density at radius 3 is 2.25 bits per heavy atom. The molecule has 0 saturated heterocycles. The topological polar surface area (TPSA) is 162 Å². The molecule has 264 valence electrons. The molecule has 0 radical (unpaired) electrons. The summed E-state index contributed by atoms with van der Waals surface area (Å²) in [6, 6.07) is 28.0. The number of carbonyl (C=O) groups excluding carboxylic acids is 4. The molecule has 0 aliphatic heterocycles. The molecule has 51 heavy (non-hydrogen) atoms. The molecule has 12 heteroatoms. The van der Waals surface area contributed by atoms with E-state index in [9.17, 15) is 19.2 Å². The van der Waals surface area contributed by atoms with Crippen molar-refractivity contribution in [3.63, 3.8) is 0 Å². The number of rotatable bonds is 13. The van der Waals surface area contributed by atoms with Gasteiger partial charge in [-0.3, -0.25) is 9.59 Å². The summed E-state index contributed by atoms with van der Waals surface area (Å²) in [5, 5.41) is 14.4. The number of carbonyl (C=O) groups is 4. The van der Waals surface area contributed by atoms with Gasteiger partial charge in [0.1, 0.15) is 17.7 Å². The number of benzene rings is 4. The molecule has 1 aromatic heterocycles. The van der Waals surface area contributed by atoms with Gasteiger partial charge < -0.3 is 29.9 Å². The SMILES string of the molecule is CCOC(=O)c1noc([C@@H](Cc2ccccc2)NC(=O)[C@@H](Cc2ccc3ccccc3c2)NC(=O)c2cccc(CNC(=O)OC(C)(C)C)c2)n1. The van der Waals surface area contributed by atoms with E-state index in [2.05, 4.69) is 26.1 Å². The minimum Gasteiger partial charge on any atom is -0.460 e. The van der Waals surface area contributed by atoms with Gasteiger partial charge in [0.05, 0.1) is 6.61 Å². The maximum atomic E-state index is 14.2. The Hall–Kier alpha value is -6.04. The van der Waals surface area contributed by atoms with Crippen LogP contribution in [0.2, 0.25) is 0 Å². The van der Waals surface area contributed by atoms with Gasteiger partial charge in [-0.05, 0) is 72.4 Å². The second-order valence-corrected chi connectivity index (χ2v) is 12.9. The van der Waals surface area contributed by atoms with Gasteiger partial charge in [0.15, 0.2) is 0 Å². The van der Waals surface area contributed by atoms with Crippen LogP contribution in [-0.2, 0) is 33.7 Å². The van der Waals surface area contributed by atoms with Crippen LogP contribution in [0, 0.1) is 0 Å². The standard InChI is InChI=1S/C39H41N5O7/c1-5-49-37(47)33-43-36(51-44-33)32(22-25-12-7-6-8-13-25)42-35(46)31(23-26-18-19-28-15-9-10-16-29(28)20-26)41-34(45)30-17-11-14-27(21-30)24-40-38(48)50-39(2,3)4/h6-21,31-32H,5,22-24H2,1-4H3,(H,40,48)(H,41,45)(H,42,46)/t31-,32-/m1/s1. The second-order valence-electron chi connectivity index (χ2n) is 12.9. The number of nitrogens with one attached hydrogen (secondary N) is 3. The first-order chi connectivity index (χ1) is 24.5. The van der Waals surface area contributed by atoms with Crippen molar-refractivity contribution in [2.75, 3.05) is 6.61 Å². The molecule has 12 nitrogen and oxygen atoms in total. The van der Waals surface area contributed by atoms with Crippen LogP contribution < -0.4 is 16.0 Å². The van der Waals surface area contributed by atoms with E-state index in [0.29, 0.717) is 11.1 Å². The van der Waals surface area contributed by atoms with Gasteiger partial charge in [-0.2, -0.15) is 4.98 Å². The van der Waals surface area contributed by atoms with Crippen molar-refractivity contribution in [3.8, 4) is 0 Å². The third-order valence-electron chi connectivity index (χ3n) is 7.70. The summed E-state index contributed by atoms with van der Waals surface area (Å²) in [4.78, 5) is 56.7. The molecule has 0 aliphatic carbocycles. The lowest BCUT2D eigenvalue weighted by atomic mass is 9.99. The van der Waals surface area contributed by atoms with E-state index in [1.807, 2.05) is 72.8 Å². The number of hydrogen-bond acceptors (Lipinski definition) is 9. The van der Waals surface area contributed by atoms with Gasteiger partial charge in [-0.1, -0.05) is 84.9 Å². The average molecular weight is 692 g/mol. The number of esters is 1. The Kier molecular flexibility index (Phi) is 11.8. The molecule has 1 heterocycles. The monoisotopic (exact) mass is 691 g/mol. The molecule has 0 bridgehead atoms. The lowest BCUT2D eigenvalue weighted by molar-refractivity contribution is -0.123. The molecule has 0 saturated carbocycles. The fraction of sp³-hybridized carbons (Fsp3) is 0.282. The largest absolute Gasteiger partial charge is 0.460 e. The molecule has 4 aromatic carbocycles. The molecule has 0 fully saturated rings. The molecular weight excluding hydrogens is 650 g/mol. The van der Waals surface area contributed by atoms with E-state index in [1.165, 1.54) is 0 Å². The smallest absolute Gasteiger partial charge is 0.407 e. The summed E-state index contributed by atoms with van der Waals surface area (Å²) in [5.74, 6) is -1.99. The van der Waals surface area contributed by atoms with E-state index >= 15 is 0 Å². The third-order valence-corrected chi connectivity index (χ3v) is 7.70. The van der Waals surface area contributed by atoms with E-state index in [1.54, 1.807) is 52.0 Å². The molecule has 3 amide bonds. The second kappa shape index (κ2) is 16.6. The number of fused-ring (bicyclic) bond motifs is 1. The molecule has 0 aliphatic rings. The van der Waals surface area contributed by atoms with Gasteiger partial charge in [0.2, 0.25) is 11.8 Å². The molecule has 0 unspecified atom stereocenters. The molecule has 0 spiro atoms. The summed E-state index contributed by atoms with van der Waals surface area (Å²) in [5.41, 5.74) is 2.00. The van der Waals surface area contributed by atoms with Gasteiger partial charge in [0.25, 0.3) is 11.7 Å². The van der Waals surface area contributed by atoms with Crippen molar-refractivity contribution in [2.45, 2.75) is 64.8 Å². The van der Waals surface area contributed by atoms with Crippen molar-refractivity contribution >= 4 is 34.6 Å². The van der Waals surface area contributed by atoms with E-state index < -0.39 is 41.6 Å². The zero-order valence-electron chi connectivity index (χ0n) is 29.0. The van der Waals surface area contributed by atoms with E-state index in [-0.39, 0.29) is 37.7 Å². The van der Waals surface area contributed by atoms with Crippen molar-refractivity contribution in [2.24, 2.45) is 0 Å². The Morgan fingerprint density at radius 2 is 1.51 bits per heavy atom. The minimum absolute atomic E-state index is 0.0104. The normalized spacial score (nSPS) is 12.4. The van der Waals surface area contributed by atoms with Gasteiger partial charge >= 0.3 is 12.1 Å². The Morgan fingerprint density at radius 1 is 0.784 bits per heavy atom. The number of alkyl carbamates (subject to hydrolysis) is 1. The number of amides is 3. The van der Waals surface area contributed by atoms with Gasteiger partial charge in [-0.25, -0.2) is 9.59 Å². The van der Waals surface area contributed by atoms with Crippen LogP contribution in [0.4, 0.5) is 4.79 Å². The van der Waals surface area contributed by atoms with Gasteiger partial charge in [0, 0.05) is 24.9 Å². The van der Waals surface area contributed by atoms with Gasteiger partial charge in [-0.15, -0.1) is 0 Å². The predicted octanol–water partition coefficient (Wildman–Crippen LogP) is 5.87. The van der Waals surface area contributed by atoms with Crippen LogP contribution in [-0.4, -0.2) is 52.3 Å². The van der Waals surface area contributed by atoms with Crippen molar-refractivity contribution in [1.29, 1.82) is 0 Å². The summed E-state index contributed by atoms with van der Waals surface area (Å²) in [6.45, 7) is 7.25. The summed E-state index contributed by atoms with van der Waals surface area (Å²) in [6.07, 6.45) is -0.149. The lowest BCUT2D eigenvalue weighted by Crippen LogP contribution is -2.49. The number of aromatic nitrogens is 2. The first kappa shape index (κ1) is 36.2. The fourth-order valence-electron chi connectivity index (χ4n) is 5.34. The molecule has 3 N–H and O–H groups in total. The summed E-state index contributed by atoms with van der Waals surface area (Å²) < 4.78 is 15.8. The first-order valence-corrected chi connectivity index (χ1v) is 16.7. The quantitative estimate of drug-likeness (QED) is 0.128. The Labute approximate surface area is 295 Å². The molecule has 5 aromatic rings. The number of ether oxygens (including phenoxy) is 2. The molecule has 2 atom stereocenters. The lowest BCUT2D eigenvalue weighted by Gasteiger charge is -2.22. The van der Waals surface area contributed by atoms with E-state index in [0.717, 1.165) is 21.9 Å². The van der Waals surface area contributed by atoms with Crippen LogP contribution in [0.1, 0.15) is 77.3 Å². The highest BCUT2D eigenvalue weighted by molar-refractivity contribution is 5.98. The minimum atomic E-state index is -1.03. The summed E-state index contributed by atoms with van der Waals surface area (Å²) >= 11 is 0. The predicted molar refractivity (Wildman–Crippen MR) is 190 cm³/mol. The number of hydrogen-bond donors (Lipinski definition) is 3. The van der Waals surface area contributed by atoms with Crippen molar-refractivity contribution in [1.82, 2.24) is 26.1 Å². The molecular formula is C39H41N5O7. The Balaban J connectivity index is 1.40. The highest BCUT2D eigenvalue weighted by atomic mass is 16.6. The average Bonchev–Trinajstić information content (AvgIpc) is 3.61. The zero-order chi connectivity index (χ0) is 36.4. The van der Waals surface area contributed by atoms with Crippen molar-refractivity contribution in [3.05, 3.63) is 131 Å². The zero-order valence-corrected chi connectivity index (χ0v) is 29.0. The van der Waals surface area contributed by atoms with Crippen LogP contribution in [0.5, 0.6) is 0 Å². The van der Waals surface area contributed by atoms with E-state index in [4.69, 9.17) is 14.0 Å². The van der Waals surface area contributed by atoms with Crippen LogP contribution in [0.25, 0.3) is 10.8 Å². The molecule has 5 rings (SSSR count). The highest BCUT2D eigenvalue weighted by Gasteiger charge is 2.29. The summed E-state index contributed by atoms with van der Waals surface area (Å²) in [7, 11) is 0. The van der Waals surface area contributed by atoms with Crippen molar-refractivity contribution < 1.29 is 33.2 Å². The van der Waals surface area contributed by atoms with Crippen LogP contribution in [0.15, 0.2) is 102 Å². The Bertz CT molecular complexity index is 1990. The highest BCUT2D eigenvalue weighted by Crippen LogP contribution is 2.20. The third kappa shape index (κ3) is 10.5. The number of nitrogens with zero attached hydrogens (tertiary/aromatic N) is 2. The fourth-order valence-corrected chi connectivity index (χ4v) is 5.34. The maximum absolute atomic E-state index is 14.2. The van der Waals surface area contributed by atoms with Crippen LogP contribution in [0.3, 0.4) is 0 Å². The maximum Gasteiger partial charge on any atom is 0.407 e. The van der Waals surface area contributed by atoms with Crippen LogP contribution >= 0.6 is 0 Å². The first-order valence-electron chi connectivity index (χ1n) is 16.7.